The summed E-state index contributed by atoms with van der Waals surface area (Å²) in [6.45, 7) is 1.29. The number of nitrogens with zero attached hydrogens (tertiary/aromatic N) is 2. The second kappa shape index (κ2) is 5.66. The normalized spacial score (nSPS) is 25.7. The smallest absolute Gasteiger partial charge is 0.228 e. The summed E-state index contributed by atoms with van der Waals surface area (Å²) in [7, 11) is 0. The van der Waals surface area contributed by atoms with Crippen LogP contribution in [0.15, 0.2) is 24.3 Å². The quantitative estimate of drug-likeness (QED) is 0.895. The lowest BCUT2D eigenvalue weighted by Crippen LogP contribution is -2.36. The van der Waals surface area contributed by atoms with Crippen molar-refractivity contribution in [3.8, 4) is 0 Å². The van der Waals surface area contributed by atoms with Crippen molar-refractivity contribution in [1.29, 1.82) is 0 Å². The average Bonchev–Trinajstić information content (AvgIpc) is 3.05. The first kappa shape index (κ1) is 14.4. The number of hydrogen-bond donors (Lipinski definition) is 1. The first-order valence-electron chi connectivity index (χ1n) is 7.08. The third kappa shape index (κ3) is 2.76. The van der Waals surface area contributed by atoms with E-state index in [-0.39, 0.29) is 24.2 Å². The second-order valence-electron chi connectivity index (χ2n) is 5.58. The number of anilines is 1. The van der Waals surface area contributed by atoms with Crippen LogP contribution in [0.5, 0.6) is 0 Å². The van der Waals surface area contributed by atoms with E-state index in [0.717, 1.165) is 0 Å². The molecule has 6 heteroatoms. The highest BCUT2D eigenvalue weighted by Gasteiger charge is 2.39. The fraction of sp³-hybridized carbons (Fsp3) is 0.467. The fourth-order valence-electron chi connectivity index (χ4n) is 2.98. The van der Waals surface area contributed by atoms with Gasteiger partial charge in [0.2, 0.25) is 11.8 Å². The Hall–Kier alpha value is -1.59. The van der Waals surface area contributed by atoms with Crippen LogP contribution in [-0.2, 0) is 9.59 Å². The van der Waals surface area contributed by atoms with E-state index in [1.54, 1.807) is 28.0 Å². The number of amides is 2. The molecule has 112 valence electrons. The molecule has 1 aromatic rings. The molecule has 2 aliphatic heterocycles. The number of rotatable bonds is 2. The highest BCUT2D eigenvalue weighted by molar-refractivity contribution is 6.33. The number of likely N-dealkylation sites (tertiary alicyclic amines) is 1. The zero-order chi connectivity index (χ0) is 15.0. The SMILES string of the molecule is O=C(C1CC(=O)N(c2ccccc2Cl)C1)N1CC[C@@H](O)C1. The van der Waals surface area contributed by atoms with Crippen molar-refractivity contribution in [3.05, 3.63) is 29.3 Å². The molecule has 0 saturated carbocycles. The first-order valence-corrected chi connectivity index (χ1v) is 7.46. The summed E-state index contributed by atoms with van der Waals surface area (Å²) in [6.07, 6.45) is 0.378. The van der Waals surface area contributed by atoms with Crippen molar-refractivity contribution < 1.29 is 14.7 Å². The predicted molar refractivity (Wildman–Crippen MR) is 79.1 cm³/mol. The monoisotopic (exact) mass is 308 g/mol. The number of β-amino-alcohol motifs (C(OH)–C–C–N with tert-alkyl or cyclic N) is 1. The Morgan fingerprint density at radius 3 is 2.71 bits per heavy atom. The van der Waals surface area contributed by atoms with E-state index in [4.69, 9.17) is 11.6 Å². The van der Waals surface area contributed by atoms with Crippen LogP contribution in [0.4, 0.5) is 5.69 Å². The molecule has 2 aliphatic rings. The zero-order valence-corrected chi connectivity index (χ0v) is 12.3. The molecule has 0 radical (unpaired) electrons. The molecule has 0 bridgehead atoms. The summed E-state index contributed by atoms with van der Waals surface area (Å²) in [5.41, 5.74) is 0.654. The van der Waals surface area contributed by atoms with Gasteiger partial charge in [-0.15, -0.1) is 0 Å². The zero-order valence-electron chi connectivity index (χ0n) is 11.5. The van der Waals surface area contributed by atoms with Crippen LogP contribution in [-0.4, -0.2) is 47.6 Å². The van der Waals surface area contributed by atoms with E-state index < -0.39 is 6.10 Å². The molecule has 1 aromatic carbocycles. The maximum atomic E-state index is 12.4. The molecule has 3 rings (SSSR count). The van der Waals surface area contributed by atoms with Gasteiger partial charge in [0, 0.05) is 26.1 Å². The average molecular weight is 309 g/mol. The number of carbonyl (C=O) groups is 2. The lowest BCUT2D eigenvalue weighted by Gasteiger charge is -2.21. The fourth-order valence-corrected chi connectivity index (χ4v) is 3.21. The van der Waals surface area contributed by atoms with Crippen LogP contribution in [0, 0.1) is 5.92 Å². The first-order chi connectivity index (χ1) is 10.1. The van der Waals surface area contributed by atoms with Gasteiger partial charge < -0.3 is 14.9 Å². The van der Waals surface area contributed by atoms with Crippen LogP contribution in [0.3, 0.4) is 0 Å². The molecule has 1 N–H and O–H groups in total. The minimum Gasteiger partial charge on any atom is -0.391 e. The molecule has 2 fully saturated rings. The van der Waals surface area contributed by atoms with Gasteiger partial charge in [-0.05, 0) is 18.6 Å². The molecule has 0 aromatic heterocycles. The molecule has 2 atom stereocenters. The molecule has 5 nitrogen and oxygen atoms in total. The van der Waals surface area contributed by atoms with Crippen molar-refractivity contribution in [1.82, 2.24) is 4.90 Å². The molecule has 0 spiro atoms. The number of para-hydroxylation sites is 1. The molecule has 2 heterocycles. The van der Waals surface area contributed by atoms with E-state index in [1.165, 1.54) is 0 Å². The van der Waals surface area contributed by atoms with Crippen LogP contribution in [0.2, 0.25) is 5.02 Å². The van der Waals surface area contributed by atoms with Gasteiger partial charge in [-0.2, -0.15) is 0 Å². The molecular weight excluding hydrogens is 292 g/mol. The second-order valence-corrected chi connectivity index (χ2v) is 5.99. The minimum atomic E-state index is -0.439. The Kier molecular flexibility index (Phi) is 3.87. The van der Waals surface area contributed by atoms with Crippen molar-refractivity contribution in [2.75, 3.05) is 24.5 Å². The van der Waals surface area contributed by atoms with Gasteiger partial charge in [-0.25, -0.2) is 0 Å². The molecule has 21 heavy (non-hydrogen) atoms. The van der Waals surface area contributed by atoms with Crippen molar-refractivity contribution in [2.24, 2.45) is 5.92 Å². The third-order valence-corrected chi connectivity index (χ3v) is 4.41. The summed E-state index contributed by atoms with van der Waals surface area (Å²) < 4.78 is 0. The van der Waals surface area contributed by atoms with Gasteiger partial charge in [-0.3, -0.25) is 9.59 Å². The van der Waals surface area contributed by atoms with Crippen LogP contribution in [0.25, 0.3) is 0 Å². The number of benzene rings is 1. The van der Waals surface area contributed by atoms with Gasteiger partial charge in [0.15, 0.2) is 0 Å². The lowest BCUT2D eigenvalue weighted by molar-refractivity contribution is -0.135. The number of hydrogen-bond acceptors (Lipinski definition) is 3. The Balaban J connectivity index is 1.73. The largest absolute Gasteiger partial charge is 0.391 e. The van der Waals surface area contributed by atoms with E-state index in [2.05, 4.69) is 0 Å². The Bertz CT molecular complexity index is 578. The van der Waals surface area contributed by atoms with Gasteiger partial charge in [0.05, 0.1) is 22.7 Å². The predicted octanol–water partition coefficient (Wildman–Crippen LogP) is 1.29. The summed E-state index contributed by atoms with van der Waals surface area (Å²) in [6, 6.07) is 7.14. The van der Waals surface area contributed by atoms with Crippen molar-refractivity contribution >= 4 is 29.1 Å². The molecule has 2 amide bonds. The van der Waals surface area contributed by atoms with Gasteiger partial charge in [0.25, 0.3) is 0 Å². The number of aliphatic hydroxyl groups is 1. The van der Waals surface area contributed by atoms with Crippen molar-refractivity contribution in [3.63, 3.8) is 0 Å². The molecule has 2 saturated heterocycles. The van der Waals surface area contributed by atoms with Gasteiger partial charge >= 0.3 is 0 Å². The number of aliphatic hydroxyl groups excluding tert-OH is 1. The number of halogens is 1. The Labute approximate surface area is 128 Å². The van der Waals surface area contributed by atoms with Gasteiger partial charge in [0.1, 0.15) is 0 Å². The third-order valence-electron chi connectivity index (χ3n) is 4.09. The summed E-state index contributed by atoms with van der Waals surface area (Å²) in [5.74, 6) is -0.477. The summed E-state index contributed by atoms with van der Waals surface area (Å²) in [4.78, 5) is 27.8. The van der Waals surface area contributed by atoms with E-state index in [0.29, 0.717) is 36.8 Å². The highest BCUT2D eigenvalue weighted by Crippen LogP contribution is 2.32. The topological polar surface area (TPSA) is 60.9 Å². The summed E-state index contributed by atoms with van der Waals surface area (Å²) >= 11 is 6.12. The number of carbonyl (C=O) groups excluding carboxylic acids is 2. The highest BCUT2D eigenvalue weighted by atomic mass is 35.5. The van der Waals surface area contributed by atoms with Gasteiger partial charge in [-0.1, -0.05) is 23.7 Å². The van der Waals surface area contributed by atoms with E-state index >= 15 is 0 Å². The maximum Gasteiger partial charge on any atom is 0.228 e. The van der Waals surface area contributed by atoms with E-state index in [9.17, 15) is 14.7 Å². The van der Waals surface area contributed by atoms with Crippen LogP contribution >= 0.6 is 11.6 Å². The van der Waals surface area contributed by atoms with E-state index in [1.807, 2.05) is 6.07 Å². The van der Waals surface area contributed by atoms with Crippen LogP contribution in [0.1, 0.15) is 12.8 Å². The lowest BCUT2D eigenvalue weighted by atomic mass is 10.1. The maximum absolute atomic E-state index is 12.4. The summed E-state index contributed by atoms with van der Waals surface area (Å²) in [5, 5.41) is 10.0. The molecule has 1 unspecified atom stereocenters. The minimum absolute atomic E-state index is 0.0468. The van der Waals surface area contributed by atoms with Crippen molar-refractivity contribution in [2.45, 2.75) is 18.9 Å². The molecular formula is C15H17ClN2O3. The van der Waals surface area contributed by atoms with Crippen LogP contribution < -0.4 is 4.90 Å². The standard InChI is InChI=1S/C15H17ClN2O3/c16-12-3-1-2-4-13(12)18-8-10(7-14(18)20)15(21)17-6-5-11(19)9-17/h1-4,10-11,19H,5-9H2/t10?,11-/m1/s1. The Morgan fingerprint density at radius 1 is 1.29 bits per heavy atom. The molecule has 0 aliphatic carbocycles. The Morgan fingerprint density at radius 2 is 2.05 bits per heavy atom.